The number of ether oxygens (including phenoxy) is 3. The van der Waals surface area contributed by atoms with Crippen LogP contribution in [0.25, 0.3) is 0 Å². The zero-order valence-electron chi connectivity index (χ0n) is 22.5. The van der Waals surface area contributed by atoms with Gasteiger partial charge in [-0.1, -0.05) is 13.3 Å². The molecule has 11 heteroatoms. The fourth-order valence-corrected chi connectivity index (χ4v) is 5.12. The summed E-state index contributed by atoms with van der Waals surface area (Å²) < 4.78 is 17.9. The van der Waals surface area contributed by atoms with Crippen LogP contribution < -0.4 is 14.8 Å². The molecule has 214 valence electrons. The van der Waals surface area contributed by atoms with Crippen molar-refractivity contribution in [3.63, 3.8) is 0 Å². The van der Waals surface area contributed by atoms with E-state index in [1.165, 1.54) is 7.11 Å². The van der Waals surface area contributed by atoms with Gasteiger partial charge in [-0.25, -0.2) is 0 Å². The average molecular weight is 649 g/mol. The lowest BCUT2D eigenvalue weighted by Crippen LogP contribution is -2.55. The lowest BCUT2D eigenvalue weighted by molar-refractivity contribution is -0.139. The van der Waals surface area contributed by atoms with Crippen LogP contribution in [0.3, 0.4) is 0 Å². The number of carbonyl (C=O) groups excluding carboxylic acids is 2. The first-order valence-corrected chi connectivity index (χ1v) is 14.2. The Balaban J connectivity index is 2.45. The van der Waals surface area contributed by atoms with E-state index in [9.17, 15) is 24.9 Å². The molecule has 0 heterocycles. The van der Waals surface area contributed by atoms with Gasteiger partial charge in [0.15, 0.2) is 11.5 Å². The van der Waals surface area contributed by atoms with E-state index in [1.54, 1.807) is 23.1 Å². The third kappa shape index (κ3) is 9.08. The van der Waals surface area contributed by atoms with Crippen LogP contribution in [-0.4, -0.2) is 90.3 Å². The number of aliphatic hydroxyl groups is 3. The molecule has 0 saturated carbocycles. The van der Waals surface area contributed by atoms with Crippen molar-refractivity contribution in [3.05, 3.63) is 32.9 Å². The molecule has 1 aliphatic rings. The highest BCUT2D eigenvalue weighted by atomic mass is 127. The molecule has 10 nitrogen and oxygen atoms in total. The Hall–Kier alpha value is -1.93. The minimum absolute atomic E-state index is 0.0801. The Kier molecular flexibility index (Phi) is 14.4. The predicted molar refractivity (Wildman–Crippen MR) is 151 cm³/mol. The standard InChI is InChI=1S/C27H41IN2O8/c1-4-6-8-24(33)30(10-7-12-37-5-2)21-15-19(27(35)29-9-11-31)16-22(25(21)34)38-26-20(28)13-18(17-32)14-23(26)36-3/h13-14,16,21-22,25,31-32,34H,4-12,15,17H2,1-3H3,(H,29,35)/t21-,22+,25+/m1/s1. The summed E-state index contributed by atoms with van der Waals surface area (Å²) in [6, 6.07) is 2.70. The van der Waals surface area contributed by atoms with Crippen molar-refractivity contribution in [1.29, 1.82) is 0 Å². The summed E-state index contributed by atoms with van der Waals surface area (Å²) >= 11 is 2.07. The number of hydrogen-bond donors (Lipinski definition) is 4. The van der Waals surface area contributed by atoms with E-state index < -0.39 is 24.2 Å². The molecular formula is C27H41IN2O8. The molecule has 0 saturated heterocycles. The minimum atomic E-state index is -1.12. The van der Waals surface area contributed by atoms with Crippen molar-refractivity contribution in [2.45, 2.75) is 70.8 Å². The van der Waals surface area contributed by atoms with Crippen molar-refractivity contribution < 1.29 is 39.1 Å². The SMILES string of the molecule is CCCCC(=O)N(CCCOCC)[C@@H]1CC(C(=O)NCCO)=C[C@H](Oc2c(I)cc(CO)cc2OC)[C@H]1O. The molecule has 0 fully saturated rings. The highest BCUT2D eigenvalue weighted by molar-refractivity contribution is 14.1. The molecule has 0 radical (unpaired) electrons. The maximum absolute atomic E-state index is 13.3. The van der Waals surface area contributed by atoms with Crippen LogP contribution >= 0.6 is 22.6 Å². The first-order chi connectivity index (χ1) is 18.3. The monoisotopic (exact) mass is 648 g/mol. The lowest BCUT2D eigenvalue weighted by atomic mass is 9.87. The third-order valence-corrected chi connectivity index (χ3v) is 7.10. The molecular weight excluding hydrogens is 607 g/mol. The number of rotatable bonds is 16. The zero-order valence-corrected chi connectivity index (χ0v) is 24.6. The molecule has 0 unspecified atom stereocenters. The normalized spacial score (nSPS) is 19.0. The number of amides is 2. The number of nitrogens with one attached hydrogen (secondary N) is 1. The number of nitrogens with zero attached hydrogens (tertiary/aromatic N) is 1. The minimum Gasteiger partial charge on any atom is -0.493 e. The Labute approximate surface area is 238 Å². The van der Waals surface area contributed by atoms with Crippen LogP contribution in [0.15, 0.2) is 23.8 Å². The number of aliphatic hydroxyl groups excluding tert-OH is 3. The molecule has 1 aromatic carbocycles. The van der Waals surface area contributed by atoms with Gasteiger partial charge in [0.1, 0.15) is 12.2 Å². The van der Waals surface area contributed by atoms with Gasteiger partial charge in [0.2, 0.25) is 11.8 Å². The van der Waals surface area contributed by atoms with Gasteiger partial charge < -0.3 is 39.7 Å². The van der Waals surface area contributed by atoms with Gasteiger partial charge in [-0.2, -0.15) is 0 Å². The van der Waals surface area contributed by atoms with Crippen LogP contribution in [0.2, 0.25) is 0 Å². The first-order valence-electron chi connectivity index (χ1n) is 13.1. The van der Waals surface area contributed by atoms with Gasteiger partial charge in [-0.3, -0.25) is 9.59 Å². The number of carbonyl (C=O) groups is 2. The number of benzene rings is 1. The highest BCUT2D eigenvalue weighted by Crippen LogP contribution is 2.37. The molecule has 3 atom stereocenters. The molecule has 0 bridgehead atoms. The third-order valence-electron chi connectivity index (χ3n) is 6.30. The molecule has 4 N–H and O–H groups in total. The summed E-state index contributed by atoms with van der Waals surface area (Å²) in [6.45, 7) is 5.02. The molecule has 2 amide bonds. The van der Waals surface area contributed by atoms with E-state index in [2.05, 4.69) is 27.9 Å². The van der Waals surface area contributed by atoms with Crippen LogP contribution in [0.4, 0.5) is 0 Å². The second kappa shape index (κ2) is 16.9. The van der Waals surface area contributed by atoms with E-state index >= 15 is 0 Å². The van der Waals surface area contributed by atoms with Crippen molar-refractivity contribution in [2.24, 2.45) is 0 Å². The number of halogens is 1. The predicted octanol–water partition coefficient (Wildman–Crippen LogP) is 2.15. The number of methoxy groups -OCH3 is 1. The Morgan fingerprint density at radius 1 is 1.21 bits per heavy atom. The number of hydrogen-bond acceptors (Lipinski definition) is 8. The molecule has 0 aliphatic heterocycles. The molecule has 0 aromatic heterocycles. The van der Waals surface area contributed by atoms with Gasteiger partial charge >= 0.3 is 0 Å². The van der Waals surface area contributed by atoms with Crippen LogP contribution in [-0.2, 0) is 20.9 Å². The van der Waals surface area contributed by atoms with Crippen molar-refractivity contribution in [1.82, 2.24) is 10.2 Å². The molecule has 38 heavy (non-hydrogen) atoms. The fraction of sp³-hybridized carbons (Fsp3) is 0.630. The number of unbranched alkanes of at least 4 members (excludes halogenated alkanes) is 1. The van der Waals surface area contributed by atoms with E-state index in [-0.39, 0.29) is 32.1 Å². The lowest BCUT2D eigenvalue weighted by Gasteiger charge is -2.41. The van der Waals surface area contributed by atoms with E-state index in [1.807, 2.05) is 13.8 Å². The van der Waals surface area contributed by atoms with E-state index in [0.717, 1.165) is 12.8 Å². The second-order valence-electron chi connectivity index (χ2n) is 9.02. The summed E-state index contributed by atoms with van der Waals surface area (Å²) in [5.74, 6) is 0.254. The van der Waals surface area contributed by atoms with Crippen LogP contribution in [0, 0.1) is 3.57 Å². The summed E-state index contributed by atoms with van der Waals surface area (Å²) in [4.78, 5) is 27.9. The van der Waals surface area contributed by atoms with E-state index in [4.69, 9.17) is 14.2 Å². The first kappa shape index (κ1) is 32.3. The van der Waals surface area contributed by atoms with Gasteiger partial charge in [-0.05, 0) is 66.1 Å². The molecule has 1 aromatic rings. The highest BCUT2D eigenvalue weighted by Gasteiger charge is 2.40. The van der Waals surface area contributed by atoms with Gasteiger partial charge in [-0.15, -0.1) is 0 Å². The quantitative estimate of drug-likeness (QED) is 0.158. The average Bonchev–Trinajstić information content (AvgIpc) is 2.92. The maximum atomic E-state index is 13.3. The largest absolute Gasteiger partial charge is 0.493 e. The van der Waals surface area contributed by atoms with Crippen molar-refractivity contribution in [3.8, 4) is 11.5 Å². The summed E-state index contributed by atoms with van der Waals surface area (Å²) in [5.41, 5.74) is 1.00. The van der Waals surface area contributed by atoms with Crippen molar-refractivity contribution in [2.75, 3.05) is 40.0 Å². The van der Waals surface area contributed by atoms with Gasteiger partial charge in [0.05, 0.1) is 29.9 Å². The van der Waals surface area contributed by atoms with E-state index in [0.29, 0.717) is 58.8 Å². The summed E-state index contributed by atoms with van der Waals surface area (Å²) in [7, 11) is 1.48. The van der Waals surface area contributed by atoms with Gasteiger partial charge in [0, 0.05) is 44.7 Å². The van der Waals surface area contributed by atoms with Gasteiger partial charge in [0.25, 0.3) is 0 Å². The van der Waals surface area contributed by atoms with Crippen molar-refractivity contribution >= 4 is 34.4 Å². The van der Waals surface area contributed by atoms with Crippen LogP contribution in [0.5, 0.6) is 11.5 Å². The Morgan fingerprint density at radius 2 is 1.97 bits per heavy atom. The van der Waals surface area contributed by atoms with Crippen LogP contribution in [0.1, 0.15) is 51.5 Å². The zero-order chi connectivity index (χ0) is 28.1. The Morgan fingerprint density at radius 3 is 2.61 bits per heavy atom. The summed E-state index contributed by atoms with van der Waals surface area (Å²) in [5, 5.41) is 32.9. The fourth-order valence-electron chi connectivity index (χ4n) is 4.32. The second-order valence-corrected chi connectivity index (χ2v) is 10.2. The summed E-state index contributed by atoms with van der Waals surface area (Å²) in [6.07, 6.45) is 2.12. The smallest absolute Gasteiger partial charge is 0.247 e. The molecule has 1 aliphatic carbocycles. The maximum Gasteiger partial charge on any atom is 0.247 e. The topological polar surface area (TPSA) is 138 Å². The molecule has 2 rings (SSSR count). The molecule has 0 spiro atoms. The Bertz CT molecular complexity index is 942.